The Morgan fingerprint density at radius 3 is 2.95 bits per heavy atom. The molecule has 0 aromatic heterocycles. The van der Waals surface area contributed by atoms with E-state index in [0.717, 1.165) is 25.3 Å². The van der Waals surface area contributed by atoms with E-state index in [-0.39, 0.29) is 6.17 Å². The zero-order valence-electron chi connectivity index (χ0n) is 11.2. The summed E-state index contributed by atoms with van der Waals surface area (Å²) in [5, 5.41) is 17.8. The molecule has 3 aliphatic heterocycles. The molecule has 0 aromatic carbocycles. The summed E-state index contributed by atoms with van der Waals surface area (Å²) in [5.74, 6) is 1.86. The molecule has 3 heterocycles. The number of hydrazone groups is 1. The van der Waals surface area contributed by atoms with E-state index in [0.29, 0.717) is 11.8 Å². The standard InChI is InChI=1S/C14H21N5/c1-2-6-11-10-16-19-12(15)9-13(17-14(11)19)18-7-4-3-5-8-18/h2,9-11,14-15,17H,1,3-8H2. The molecule has 2 unspecified atom stereocenters. The van der Waals surface area contributed by atoms with Gasteiger partial charge in [0.1, 0.15) is 17.8 Å². The normalized spacial score (nSPS) is 29.9. The molecular weight excluding hydrogens is 238 g/mol. The fraction of sp³-hybridized carbons (Fsp3) is 0.571. The van der Waals surface area contributed by atoms with E-state index in [2.05, 4.69) is 21.9 Å². The molecule has 0 amide bonds. The SMILES string of the molecule is C=CCC1C=NN2C(=N)C=C(N3CCCCC3)NC12. The summed E-state index contributed by atoms with van der Waals surface area (Å²) in [4.78, 5) is 2.36. The average molecular weight is 259 g/mol. The average Bonchev–Trinajstić information content (AvgIpc) is 2.84. The van der Waals surface area contributed by atoms with Crippen molar-refractivity contribution < 1.29 is 0 Å². The molecule has 0 saturated carbocycles. The summed E-state index contributed by atoms with van der Waals surface area (Å²) in [6.45, 7) is 5.98. The van der Waals surface area contributed by atoms with Crippen LogP contribution in [-0.4, -0.2) is 41.2 Å². The van der Waals surface area contributed by atoms with Crippen LogP contribution in [0.25, 0.3) is 0 Å². The van der Waals surface area contributed by atoms with Gasteiger partial charge in [-0.15, -0.1) is 6.58 Å². The number of allylic oxidation sites excluding steroid dienone is 1. The summed E-state index contributed by atoms with van der Waals surface area (Å²) in [5.41, 5.74) is 0. The molecule has 2 atom stereocenters. The van der Waals surface area contributed by atoms with Crippen molar-refractivity contribution in [1.29, 1.82) is 5.41 Å². The minimum Gasteiger partial charge on any atom is -0.358 e. The van der Waals surface area contributed by atoms with Gasteiger partial charge in [0.25, 0.3) is 0 Å². The van der Waals surface area contributed by atoms with Crippen LogP contribution in [0.1, 0.15) is 25.7 Å². The molecule has 3 aliphatic rings. The summed E-state index contributed by atoms with van der Waals surface area (Å²) < 4.78 is 0. The Morgan fingerprint density at radius 2 is 2.21 bits per heavy atom. The molecule has 19 heavy (non-hydrogen) atoms. The monoisotopic (exact) mass is 259 g/mol. The summed E-state index contributed by atoms with van der Waals surface area (Å²) in [7, 11) is 0. The van der Waals surface area contributed by atoms with E-state index < -0.39 is 0 Å². The van der Waals surface area contributed by atoms with Crippen LogP contribution in [-0.2, 0) is 0 Å². The molecule has 0 aromatic rings. The Kier molecular flexibility index (Phi) is 3.27. The summed E-state index contributed by atoms with van der Waals surface area (Å²) in [6.07, 6.45) is 10.5. The molecule has 5 heteroatoms. The van der Waals surface area contributed by atoms with Gasteiger partial charge < -0.3 is 10.2 Å². The lowest BCUT2D eigenvalue weighted by Crippen LogP contribution is -2.53. The van der Waals surface area contributed by atoms with E-state index in [1.807, 2.05) is 18.4 Å². The number of fused-ring (bicyclic) bond motifs is 1. The number of rotatable bonds is 3. The smallest absolute Gasteiger partial charge is 0.147 e. The number of piperidine rings is 1. The predicted octanol–water partition coefficient (Wildman–Crippen LogP) is 1.71. The molecule has 0 spiro atoms. The fourth-order valence-corrected chi connectivity index (χ4v) is 2.96. The van der Waals surface area contributed by atoms with E-state index in [1.54, 1.807) is 5.01 Å². The highest BCUT2D eigenvalue weighted by molar-refractivity contribution is 5.93. The van der Waals surface area contributed by atoms with Gasteiger partial charge in [-0.25, -0.2) is 5.01 Å². The maximum absolute atomic E-state index is 8.13. The van der Waals surface area contributed by atoms with E-state index in [4.69, 9.17) is 5.41 Å². The molecule has 0 aliphatic carbocycles. The van der Waals surface area contributed by atoms with Crippen molar-refractivity contribution in [3.8, 4) is 0 Å². The molecule has 0 radical (unpaired) electrons. The Labute approximate surface area is 114 Å². The number of nitrogens with zero attached hydrogens (tertiary/aromatic N) is 3. The maximum atomic E-state index is 8.13. The van der Waals surface area contributed by atoms with E-state index in [9.17, 15) is 0 Å². The molecular formula is C14H21N5. The Bertz CT molecular complexity index is 433. The van der Waals surface area contributed by atoms with Crippen molar-refractivity contribution in [2.45, 2.75) is 31.8 Å². The van der Waals surface area contributed by atoms with Gasteiger partial charge in [-0.2, -0.15) is 5.10 Å². The van der Waals surface area contributed by atoms with Crippen LogP contribution >= 0.6 is 0 Å². The largest absolute Gasteiger partial charge is 0.358 e. The van der Waals surface area contributed by atoms with Gasteiger partial charge in [0.05, 0.1) is 0 Å². The molecule has 0 bridgehead atoms. The number of likely N-dealkylation sites (tertiary alicyclic amines) is 1. The number of hydrogen-bond donors (Lipinski definition) is 2. The second-order valence-electron chi connectivity index (χ2n) is 5.35. The summed E-state index contributed by atoms with van der Waals surface area (Å²) >= 11 is 0. The van der Waals surface area contributed by atoms with Gasteiger partial charge in [-0.3, -0.25) is 5.41 Å². The highest BCUT2D eigenvalue weighted by atomic mass is 15.6. The van der Waals surface area contributed by atoms with Crippen LogP contribution in [0.4, 0.5) is 0 Å². The second-order valence-corrected chi connectivity index (χ2v) is 5.35. The lowest BCUT2D eigenvalue weighted by molar-refractivity contribution is 0.204. The quantitative estimate of drug-likeness (QED) is 0.759. The van der Waals surface area contributed by atoms with E-state index in [1.165, 1.54) is 19.3 Å². The minimum atomic E-state index is 0.0763. The summed E-state index contributed by atoms with van der Waals surface area (Å²) in [6, 6.07) is 0. The molecule has 5 nitrogen and oxygen atoms in total. The van der Waals surface area contributed by atoms with Crippen molar-refractivity contribution in [1.82, 2.24) is 15.2 Å². The first-order chi connectivity index (χ1) is 9.29. The van der Waals surface area contributed by atoms with Gasteiger partial charge in [0.15, 0.2) is 0 Å². The molecule has 1 fully saturated rings. The Hall–Kier alpha value is -1.78. The Morgan fingerprint density at radius 1 is 1.42 bits per heavy atom. The van der Waals surface area contributed by atoms with Crippen molar-refractivity contribution >= 4 is 12.1 Å². The minimum absolute atomic E-state index is 0.0763. The van der Waals surface area contributed by atoms with Gasteiger partial charge in [-0.05, 0) is 25.7 Å². The Balaban J connectivity index is 1.76. The molecule has 102 valence electrons. The molecule has 2 N–H and O–H groups in total. The number of nitrogens with one attached hydrogen (secondary N) is 2. The van der Waals surface area contributed by atoms with Crippen LogP contribution in [0.2, 0.25) is 0 Å². The van der Waals surface area contributed by atoms with Gasteiger partial charge in [0, 0.05) is 31.3 Å². The lowest BCUT2D eigenvalue weighted by Gasteiger charge is -2.39. The van der Waals surface area contributed by atoms with Crippen molar-refractivity contribution in [2.75, 3.05) is 13.1 Å². The van der Waals surface area contributed by atoms with Crippen LogP contribution in [0.3, 0.4) is 0 Å². The first-order valence-corrected chi connectivity index (χ1v) is 7.05. The highest BCUT2D eigenvalue weighted by Crippen LogP contribution is 2.25. The number of amidine groups is 1. The first kappa shape index (κ1) is 12.3. The highest BCUT2D eigenvalue weighted by Gasteiger charge is 2.36. The maximum Gasteiger partial charge on any atom is 0.147 e. The van der Waals surface area contributed by atoms with Crippen LogP contribution in [0, 0.1) is 11.3 Å². The van der Waals surface area contributed by atoms with Crippen molar-refractivity contribution in [3.63, 3.8) is 0 Å². The van der Waals surface area contributed by atoms with Crippen LogP contribution in [0.15, 0.2) is 29.7 Å². The first-order valence-electron chi connectivity index (χ1n) is 7.05. The van der Waals surface area contributed by atoms with Crippen LogP contribution in [0.5, 0.6) is 0 Å². The third-order valence-electron chi connectivity index (χ3n) is 4.00. The predicted molar refractivity (Wildman–Crippen MR) is 76.8 cm³/mol. The lowest BCUT2D eigenvalue weighted by atomic mass is 10.0. The third-order valence-corrected chi connectivity index (χ3v) is 4.00. The number of hydrogen-bond acceptors (Lipinski definition) is 4. The molecule has 3 rings (SSSR count). The van der Waals surface area contributed by atoms with Crippen molar-refractivity contribution in [2.24, 2.45) is 11.0 Å². The van der Waals surface area contributed by atoms with E-state index >= 15 is 0 Å². The van der Waals surface area contributed by atoms with Gasteiger partial charge >= 0.3 is 0 Å². The zero-order valence-corrected chi connectivity index (χ0v) is 11.2. The van der Waals surface area contributed by atoms with Gasteiger partial charge in [0.2, 0.25) is 0 Å². The zero-order chi connectivity index (χ0) is 13.2. The molecule has 1 saturated heterocycles. The third kappa shape index (κ3) is 2.25. The topological polar surface area (TPSA) is 54.7 Å². The van der Waals surface area contributed by atoms with Crippen LogP contribution < -0.4 is 5.32 Å². The van der Waals surface area contributed by atoms with Gasteiger partial charge in [-0.1, -0.05) is 6.08 Å². The van der Waals surface area contributed by atoms with Crippen molar-refractivity contribution in [3.05, 3.63) is 24.6 Å². The second kappa shape index (κ2) is 5.07. The fourth-order valence-electron chi connectivity index (χ4n) is 2.96.